The number of ether oxygens (including phenoxy) is 1. The van der Waals surface area contributed by atoms with Crippen molar-refractivity contribution in [1.82, 2.24) is 3.98 Å². The van der Waals surface area contributed by atoms with E-state index in [1.54, 1.807) is 7.11 Å². The summed E-state index contributed by atoms with van der Waals surface area (Å²) in [5.41, 5.74) is 1.19. The van der Waals surface area contributed by atoms with Gasteiger partial charge in [-0.25, -0.2) is 0 Å². The molecule has 1 heterocycles. The molecule has 56 valence electrons. The number of fused-ring (bicyclic) bond motifs is 1. The average Bonchev–Trinajstić information content (AvgIpc) is 2.50. The number of rotatable bonds is 1. The van der Waals surface area contributed by atoms with E-state index < -0.39 is 0 Å². The third-order valence-corrected chi connectivity index (χ3v) is 6.80. The predicted octanol–water partition coefficient (Wildman–Crippen LogP) is 0.638. The SMILES string of the molecule is COc1ccc2n[se][se+]c2c1. The Kier molecular flexibility index (Phi) is 2.10. The molecule has 0 aliphatic rings. The fourth-order valence-corrected chi connectivity index (χ4v) is 6.28. The maximum absolute atomic E-state index is 5.11. The molecule has 0 atom stereocenters. The third-order valence-electron chi connectivity index (χ3n) is 1.43. The monoisotopic (exact) mass is 280 g/mol. The molecular formula is C7H6NOSe2+. The van der Waals surface area contributed by atoms with Gasteiger partial charge in [0.15, 0.2) is 0 Å². The van der Waals surface area contributed by atoms with Gasteiger partial charge in [-0.2, -0.15) is 0 Å². The van der Waals surface area contributed by atoms with Crippen LogP contribution in [0.2, 0.25) is 0 Å². The normalized spacial score (nSPS) is 10.3. The van der Waals surface area contributed by atoms with Crippen LogP contribution in [0.15, 0.2) is 18.2 Å². The van der Waals surface area contributed by atoms with Crippen molar-refractivity contribution in [3.63, 3.8) is 0 Å². The number of methoxy groups -OCH3 is 1. The Morgan fingerprint density at radius 2 is 2.45 bits per heavy atom. The molecule has 0 fully saturated rings. The van der Waals surface area contributed by atoms with Crippen LogP contribution in [-0.4, -0.2) is 36.6 Å². The van der Waals surface area contributed by atoms with Crippen molar-refractivity contribution in [2.75, 3.05) is 7.11 Å². The Morgan fingerprint density at radius 1 is 1.55 bits per heavy atom. The Hall–Kier alpha value is -0.141. The van der Waals surface area contributed by atoms with Gasteiger partial charge in [0.2, 0.25) is 0 Å². The van der Waals surface area contributed by atoms with E-state index >= 15 is 0 Å². The molecule has 0 saturated carbocycles. The van der Waals surface area contributed by atoms with Crippen LogP contribution in [-0.2, 0) is 0 Å². The van der Waals surface area contributed by atoms with Crippen molar-refractivity contribution in [1.29, 1.82) is 0 Å². The van der Waals surface area contributed by atoms with Crippen LogP contribution in [0.5, 0.6) is 5.75 Å². The number of nitrogens with zero attached hydrogens (tertiary/aromatic N) is 1. The third kappa shape index (κ3) is 1.40. The van der Waals surface area contributed by atoms with Gasteiger partial charge in [0.1, 0.15) is 0 Å². The minimum atomic E-state index is 0.502. The standard InChI is InChI=1S/C7H6NOSe2/c1-9-5-2-3-6-7(4-5)10-11-8-6/h2-4H,1H3/q+1. The first kappa shape index (κ1) is 7.51. The molecule has 2 nitrogen and oxygen atoms in total. The van der Waals surface area contributed by atoms with Crippen LogP contribution in [0.1, 0.15) is 0 Å². The molecule has 0 unspecified atom stereocenters. The molecular weight excluding hydrogens is 272 g/mol. The van der Waals surface area contributed by atoms with E-state index in [0.29, 0.717) is 25.5 Å². The molecule has 0 aliphatic carbocycles. The molecule has 0 spiro atoms. The zero-order valence-electron chi connectivity index (χ0n) is 5.90. The quantitative estimate of drug-likeness (QED) is 0.714. The van der Waals surface area contributed by atoms with Gasteiger partial charge in [0.25, 0.3) is 0 Å². The predicted molar refractivity (Wildman–Crippen MR) is 46.6 cm³/mol. The molecule has 1 aromatic heterocycles. The molecule has 2 aromatic rings. The van der Waals surface area contributed by atoms with Crippen molar-refractivity contribution < 1.29 is 4.74 Å². The fourth-order valence-electron chi connectivity index (χ4n) is 0.863. The topological polar surface area (TPSA) is 22.1 Å². The summed E-state index contributed by atoms with van der Waals surface area (Å²) in [6.07, 6.45) is 0. The van der Waals surface area contributed by atoms with Crippen LogP contribution < -0.4 is 4.74 Å². The van der Waals surface area contributed by atoms with Crippen LogP contribution in [0.3, 0.4) is 0 Å². The summed E-state index contributed by atoms with van der Waals surface area (Å²) in [5, 5.41) is 0. The van der Waals surface area contributed by atoms with E-state index in [9.17, 15) is 0 Å². The van der Waals surface area contributed by atoms with Crippen LogP contribution >= 0.6 is 0 Å². The molecule has 11 heavy (non-hydrogen) atoms. The van der Waals surface area contributed by atoms with E-state index in [-0.39, 0.29) is 0 Å². The minimum absolute atomic E-state index is 0.502. The second kappa shape index (κ2) is 3.08. The van der Waals surface area contributed by atoms with Crippen LogP contribution in [0.25, 0.3) is 9.78 Å². The molecule has 4 heteroatoms. The molecule has 1 aromatic carbocycles. The molecule has 0 radical (unpaired) electrons. The Morgan fingerprint density at radius 3 is 3.27 bits per heavy atom. The summed E-state index contributed by atoms with van der Waals surface area (Å²) < 4.78 is 10.9. The van der Waals surface area contributed by atoms with Gasteiger partial charge in [-0.05, 0) is 0 Å². The summed E-state index contributed by atoms with van der Waals surface area (Å²) in [7, 11) is 1.70. The van der Waals surface area contributed by atoms with Crippen molar-refractivity contribution in [3.05, 3.63) is 18.2 Å². The fraction of sp³-hybridized carbons (Fsp3) is 0.143. The molecule has 0 aliphatic heterocycles. The maximum atomic E-state index is 5.11. The van der Waals surface area contributed by atoms with Crippen molar-refractivity contribution in [2.24, 2.45) is 0 Å². The first-order valence-electron chi connectivity index (χ1n) is 3.13. The molecule has 0 bridgehead atoms. The van der Waals surface area contributed by atoms with Crippen LogP contribution in [0, 0.1) is 0 Å². The van der Waals surface area contributed by atoms with E-state index in [1.807, 2.05) is 12.1 Å². The summed E-state index contributed by atoms with van der Waals surface area (Å²) in [4.78, 5) is 0. The zero-order valence-corrected chi connectivity index (χ0v) is 9.33. The van der Waals surface area contributed by atoms with E-state index in [4.69, 9.17) is 4.74 Å². The van der Waals surface area contributed by atoms with Crippen molar-refractivity contribution in [3.8, 4) is 5.75 Å². The summed E-state index contributed by atoms with van der Waals surface area (Å²) in [5.74, 6) is 0.957. The van der Waals surface area contributed by atoms with Gasteiger partial charge in [-0.15, -0.1) is 0 Å². The second-order valence-electron chi connectivity index (χ2n) is 2.08. The van der Waals surface area contributed by atoms with Gasteiger partial charge in [0, 0.05) is 0 Å². The zero-order chi connectivity index (χ0) is 7.68. The van der Waals surface area contributed by atoms with Gasteiger partial charge >= 0.3 is 75.0 Å². The number of hydrogen-bond acceptors (Lipinski definition) is 2. The van der Waals surface area contributed by atoms with Gasteiger partial charge in [-0.3, -0.25) is 0 Å². The number of aromatic nitrogens is 1. The molecule has 0 N–H and O–H groups in total. The summed E-state index contributed by atoms with van der Waals surface area (Å²) in [6, 6.07) is 6.12. The first-order chi connectivity index (χ1) is 5.40. The van der Waals surface area contributed by atoms with E-state index in [2.05, 4.69) is 10.0 Å². The summed E-state index contributed by atoms with van der Waals surface area (Å²) in [6.45, 7) is 0. The molecule has 2 rings (SSSR count). The van der Waals surface area contributed by atoms with Gasteiger partial charge < -0.3 is 0 Å². The van der Waals surface area contributed by atoms with Gasteiger partial charge in [0.05, 0.1) is 0 Å². The van der Waals surface area contributed by atoms with E-state index in [1.165, 1.54) is 9.78 Å². The number of hydrogen-bond donors (Lipinski definition) is 0. The summed E-state index contributed by atoms with van der Waals surface area (Å²) >= 11 is 1.11. The number of benzene rings is 1. The first-order valence-corrected chi connectivity index (χ1v) is 9.08. The van der Waals surface area contributed by atoms with Crippen molar-refractivity contribution >= 4 is 35.3 Å². The van der Waals surface area contributed by atoms with Crippen LogP contribution in [0.4, 0.5) is 0 Å². The van der Waals surface area contributed by atoms with E-state index in [0.717, 1.165) is 5.75 Å². The van der Waals surface area contributed by atoms with Gasteiger partial charge in [-0.1, -0.05) is 0 Å². The Balaban J connectivity index is 2.67. The van der Waals surface area contributed by atoms with Crippen molar-refractivity contribution in [2.45, 2.75) is 0 Å². The average molecular weight is 278 g/mol. The Labute approximate surface area is 75.1 Å². The second-order valence-corrected chi connectivity index (χ2v) is 7.49. The molecule has 0 amide bonds. The Bertz CT molecular complexity index is 371. The molecule has 0 saturated heterocycles.